The molecule has 0 atom stereocenters. The van der Waals surface area contributed by atoms with E-state index in [4.69, 9.17) is 4.98 Å². The van der Waals surface area contributed by atoms with E-state index >= 15 is 0 Å². The minimum absolute atomic E-state index is 0.720. The molecule has 3 heterocycles. The van der Waals surface area contributed by atoms with E-state index in [0.717, 1.165) is 33.7 Å². The molecule has 0 saturated carbocycles. The van der Waals surface area contributed by atoms with Crippen LogP contribution in [0.2, 0.25) is 0 Å². The summed E-state index contributed by atoms with van der Waals surface area (Å²) in [6.45, 7) is 2.08. The second-order valence-corrected chi connectivity index (χ2v) is 5.09. The van der Waals surface area contributed by atoms with Crippen LogP contribution in [0.1, 0.15) is 5.56 Å². The Bertz CT molecular complexity index is 944. The molecular weight excluding hydrogens is 274 g/mol. The van der Waals surface area contributed by atoms with Crippen molar-refractivity contribution in [2.45, 2.75) is 6.92 Å². The molecule has 1 aromatic carbocycles. The lowest BCUT2D eigenvalue weighted by Crippen LogP contribution is -1.87. The number of rotatable bonds is 2. The lowest BCUT2D eigenvalue weighted by molar-refractivity contribution is 1.02. The highest BCUT2D eigenvalue weighted by Crippen LogP contribution is 2.30. The average molecular weight is 287 g/mol. The van der Waals surface area contributed by atoms with Crippen LogP contribution in [0.15, 0.2) is 55.0 Å². The number of aromatic amines is 1. The standard InChI is InChI=1S/C17H13N5/c1-11-7-9-18-10-13(11)12-4-2-5-14-16(12)21-17(20-14)15-6-3-8-19-22-15/h2-10H,1H3,(H,20,21). The van der Waals surface area contributed by atoms with Gasteiger partial charge < -0.3 is 4.98 Å². The highest BCUT2D eigenvalue weighted by molar-refractivity contribution is 5.94. The quantitative estimate of drug-likeness (QED) is 0.613. The maximum atomic E-state index is 4.71. The van der Waals surface area contributed by atoms with Crippen LogP contribution in [0.4, 0.5) is 0 Å². The van der Waals surface area contributed by atoms with Crippen LogP contribution in [0.25, 0.3) is 33.7 Å². The first-order chi connectivity index (χ1) is 10.8. The number of aromatic nitrogens is 5. The van der Waals surface area contributed by atoms with Crippen molar-refractivity contribution in [2.75, 3.05) is 0 Å². The van der Waals surface area contributed by atoms with Gasteiger partial charge in [0.05, 0.1) is 11.0 Å². The maximum Gasteiger partial charge on any atom is 0.159 e. The third kappa shape index (κ3) is 2.03. The van der Waals surface area contributed by atoms with E-state index < -0.39 is 0 Å². The number of H-pyrrole nitrogens is 1. The van der Waals surface area contributed by atoms with E-state index in [-0.39, 0.29) is 0 Å². The number of para-hydroxylation sites is 1. The Labute approximate surface area is 127 Å². The van der Waals surface area contributed by atoms with Crippen LogP contribution in [-0.4, -0.2) is 25.1 Å². The number of pyridine rings is 1. The number of benzene rings is 1. The molecule has 0 radical (unpaired) electrons. The predicted octanol–water partition coefficient (Wildman–Crippen LogP) is 3.39. The minimum Gasteiger partial charge on any atom is -0.337 e. The molecule has 0 aliphatic carbocycles. The summed E-state index contributed by atoms with van der Waals surface area (Å²) in [4.78, 5) is 12.3. The first kappa shape index (κ1) is 12.6. The Hall–Kier alpha value is -3.08. The summed E-state index contributed by atoms with van der Waals surface area (Å²) in [5.41, 5.74) is 5.94. The van der Waals surface area contributed by atoms with Crippen molar-refractivity contribution in [1.82, 2.24) is 25.1 Å². The van der Waals surface area contributed by atoms with Gasteiger partial charge in [0.15, 0.2) is 5.82 Å². The van der Waals surface area contributed by atoms with Gasteiger partial charge in [-0.15, -0.1) is 5.10 Å². The SMILES string of the molecule is Cc1ccncc1-c1cccc2[nH]c(-c3cccnn3)nc12. The second kappa shape index (κ2) is 5.04. The van der Waals surface area contributed by atoms with E-state index in [1.807, 2.05) is 36.5 Å². The van der Waals surface area contributed by atoms with Crippen LogP contribution in [-0.2, 0) is 0 Å². The molecule has 5 heteroatoms. The van der Waals surface area contributed by atoms with Gasteiger partial charge in [0, 0.05) is 29.7 Å². The van der Waals surface area contributed by atoms with Crippen molar-refractivity contribution in [2.24, 2.45) is 0 Å². The van der Waals surface area contributed by atoms with Gasteiger partial charge in [0.25, 0.3) is 0 Å². The highest BCUT2D eigenvalue weighted by Gasteiger charge is 2.12. The monoisotopic (exact) mass is 287 g/mol. The van der Waals surface area contributed by atoms with Crippen molar-refractivity contribution in [3.05, 3.63) is 60.6 Å². The minimum atomic E-state index is 0.720. The lowest BCUT2D eigenvalue weighted by Gasteiger charge is -2.05. The predicted molar refractivity (Wildman–Crippen MR) is 85.1 cm³/mol. The topological polar surface area (TPSA) is 67.3 Å². The van der Waals surface area contributed by atoms with E-state index in [2.05, 4.69) is 33.2 Å². The van der Waals surface area contributed by atoms with Gasteiger partial charge in [-0.2, -0.15) is 5.10 Å². The molecule has 4 rings (SSSR count). The van der Waals surface area contributed by atoms with Crippen molar-refractivity contribution in [1.29, 1.82) is 0 Å². The zero-order chi connectivity index (χ0) is 14.9. The maximum absolute atomic E-state index is 4.71. The van der Waals surface area contributed by atoms with Gasteiger partial charge in [-0.25, -0.2) is 4.98 Å². The summed E-state index contributed by atoms with van der Waals surface area (Å²) in [7, 11) is 0. The average Bonchev–Trinajstić information content (AvgIpc) is 3.00. The van der Waals surface area contributed by atoms with Crippen LogP contribution in [0, 0.1) is 6.92 Å². The Kier molecular flexibility index (Phi) is 2.89. The summed E-state index contributed by atoms with van der Waals surface area (Å²) in [5, 5.41) is 8.01. The third-order valence-electron chi connectivity index (χ3n) is 3.66. The first-order valence-corrected chi connectivity index (χ1v) is 7.01. The number of fused-ring (bicyclic) bond motifs is 1. The molecule has 1 N–H and O–H groups in total. The van der Waals surface area contributed by atoms with Gasteiger partial charge in [0.1, 0.15) is 5.69 Å². The van der Waals surface area contributed by atoms with Crippen LogP contribution >= 0.6 is 0 Å². The molecule has 3 aromatic heterocycles. The summed E-state index contributed by atoms with van der Waals surface area (Å²) in [5.74, 6) is 0.720. The lowest BCUT2D eigenvalue weighted by atomic mass is 10.0. The summed E-state index contributed by atoms with van der Waals surface area (Å²) in [6.07, 6.45) is 5.33. The van der Waals surface area contributed by atoms with Gasteiger partial charge >= 0.3 is 0 Å². The zero-order valence-corrected chi connectivity index (χ0v) is 12.0. The Morgan fingerprint density at radius 2 is 1.91 bits per heavy atom. The second-order valence-electron chi connectivity index (χ2n) is 5.09. The van der Waals surface area contributed by atoms with Crippen LogP contribution < -0.4 is 0 Å². The van der Waals surface area contributed by atoms with Gasteiger partial charge in [-0.05, 0) is 36.8 Å². The summed E-state index contributed by atoms with van der Waals surface area (Å²) in [6, 6.07) is 11.8. The fourth-order valence-corrected chi connectivity index (χ4v) is 2.54. The highest BCUT2D eigenvalue weighted by atomic mass is 15.1. The molecule has 0 amide bonds. The Balaban J connectivity index is 1.95. The molecule has 0 spiro atoms. The molecule has 0 unspecified atom stereocenters. The van der Waals surface area contributed by atoms with Crippen molar-refractivity contribution >= 4 is 11.0 Å². The number of aryl methyl sites for hydroxylation is 1. The largest absolute Gasteiger partial charge is 0.337 e. The van der Waals surface area contributed by atoms with Gasteiger partial charge in [-0.1, -0.05) is 12.1 Å². The van der Waals surface area contributed by atoms with Crippen LogP contribution in [0.5, 0.6) is 0 Å². The molecule has 5 nitrogen and oxygen atoms in total. The fraction of sp³-hybridized carbons (Fsp3) is 0.0588. The molecule has 4 aromatic rings. The Morgan fingerprint density at radius 3 is 2.73 bits per heavy atom. The number of hydrogen-bond acceptors (Lipinski definition) is 4. The Morgan fingerprint density at radius 1 is 0.955 bits per heavy atom. The normalized spacial score (nSPS) is 11.0. The summed E-state index contributed by atoms with van der Waals surface area (Å²) < 4.78 is 0. The number of imidazole rings is 1. The van der Waals surface area contributed by atoms with Crippen molar-refractivity contribution in [3.8, 4) is 22.6 Å². The van der Waals surface area contributed by atoms with Crippen LogP contribution in [0.3, 0.4) is 0 Å². The molecule has 22 heavy (non-hydrogen) atoms. The molecule has 0 aliphatic rings. The van der Waals surface area contributed by atoms with E-state index in [0.29, 0.717) is 0 Å². The van der Waals surface area contributed by atoms with Crippen molar-refractivity contribution in [3.63, 3.8) is 0 Å². The zero-order valence-electron chi connectivity index (χ0n) is 12.0. The molecular formula is C17H13N5. The summed E-state index contributed by atoms with van der Waals surface area (Å²) >= 11 is 0. The van der Waals surface area contributed by atoms with Crippen molar-refractivity contribution < 1.29 is 0 Å². The van der Waals surface area contributed by atoms with E-state index in [9.17, 15) is 0 Å². The number of hydrogen-bond donors (Lipinski definition) is 1. The van der Waals surface area contributed by atoms with Gasteiger partial charge in [0.2, 0.25) is 0 Å². The smallest absolute Gasteiger partial charge is 0.159 e. The molecule has 0 aliphatic heterocycles. The molecule has 106 valence electrons. The first-order valence-electron chi connectivity index (χ1n) is 7.01. The fourth-order valence-electron chi connectivity index (χ4n) is 2.54. The van der Waals surface area contributed by atoms with E-state index in [1.54, 1.807) is 12.4 Å². The van der Waals surface area contributed by atoms with E-state index in [1.165, 1.54) is 5.56 Å². The molecule has 0 fully saturated rings. The third-order valence-corrected chi connectivity index (χ3v) is 3.66. The molecule has 0 bridgehead atoms. The molecule has 0 saturated heterocycles. The number of nitrogens with zero attached hydrogens (tertiary/aromatic N) is 4. The number of nitrogens with one attached hydrogen (secondary N) is 1. The van der Waals surface area contributed by atoms with Gasteiger partial charge in [-0.3, -0.25) is 4.98 Å².